The average Bonchev–Trinajstić information content (AvgIpc) is 2.41. The summed E-state index contributed by atoms with van der Waals surface area (Å²) in [7, 11) is 1.95. The molecular formula is C16H19NO. The van der Waals surface area contributed by atoms with Gasteiger partial charge in [-0.05, 0) is 36.7 Å². The number of hydrogen-bond acceptors (Lipinski definition) is 2. The number of hydrogen-bond donors (Lipinski definition) is 1. The predicted octanol–water partition coefficient (Wildman–Crippen LogP) is 3.29. The monoisotopic (exact) mass is 241 g/mol. The summed E-state index contributed by atoms with van der Waals surface area (Å²) in [5.41, 5.74) is 3.60. The van der Waals surface area contributed by atoms with Crippen LogP contribution in [0.3, 0.4) is 0 Å². The van der Waals surface area contributed by atoms with Gasteiger partial charge in [-0.3, -0.25) is 0 Å². The molecule has 1 N–H and O–H groups in total. The highest BCUT2D eigenvalue weighted by Crippen LogP contribution is 2.20. The minimum atomic E-state index is 0.616. The summed E-state index contributed by atoms with van der Waals surface area (Å²) in [5.74, 6) is 0.964. The Kier molecular flexibility index (Phi) is 4.37. The normalized spacial score (nSPS) is 10.3. The molecule has 0 fully saturated rings. The maximum atomic E-state index is 5.88. The Balaban J connectivity index is 2.06. The standard InChI is InChI=1S/C16H19NO/c1-13-8-9-15(11-17-2)10-16(13)18-12-14-6-4-3-5-7-14/h3-10,17H,11-12H2,1-2H3. The van der Waals surface area contributed by atoms with Crippen LogP contribution in [-0.2, 0) is 13.2 Å². The average molecular weight is 241 g/mol. The number of aryl methyl sites for hydroxylation is 1. The van der Waals surface area contributed by atoms with Gasteiger partial charge >= 0.3 is 0 Å². The van der Waals surface area contributed by atoms with Gasteiger partial charge in [-0.2, -0.15) is 0 Å². The predicted molar refractivity (Wildman–Crippen MR) is 74.7 cm³/mol. The molecule has 0 aliphatic heterocycles. The second kappa shape index (κ2) is 6.22. The first-order valence-corrected chi connectivity index (χ1v) is 6.20. The zero-order valence-electron chi connectivity index (χ0n) is 10.9. The van der Waals surface area contributed by atoms with Crippen molar-refractivity contribution in [1.29, 1.82) is 0 Å². The topological polar surface area (TPSA) is 21.3 Å². The van der Waals surface area contributed by atoms with Gasteiger partial charge in [-0.1, -0.05) is 42.5 Å². The van der Waals surface area contributed by atoms with Gasteiger partial charge in [0.25, 0.3) is 0 Å². The van der Waals surface area contributed by atoms with Crippen molar-refractivity contribution in [2.75, 3.05) is 7.05 Å². The Labute approximate surface area is 109 Å². The zero-order valence-corrected chi connectivity index (χ0v) is 10.9. The summed E-state index contributed by atoms with van der Waals surface area (Å²) in [4.78, 5) is 0. The Morgan fingerprint density at radius 3 is 2.50 bits per heavy atom. The molecule has 0 aromatic heterocycles. The molecule has 0 radical (unpaired) electrons. The van der Waals surface area contributed by atoms with E-state index in [0.717, 1.165) is 12.3 Å². The van der Waals surface area contributed by atoms with E-state index in [2.05, 4.69) is 42.6 Å². The molecule has 2 aromatic carbocycles. The molecule has 0 unspecified atom stereocenters. The lowest BCUT2D eigenvalue weighted by Gasteiger charge is -2.11. The summed E-state index contributed by atoms with van der Waals surface area (Å²) >= 11 is 0. The van der Waals surface area contributed by atoms with E-state index in [-0.39, 0.29) is 0 Å². The van der Waals surface area contributed by atoms with Crippen molar-refractivity contribution in [2.24, 2.45) is 0 Å². The molecule has 0 aliphatic rings. The fourth-order valence-corrected chi connectivity index (χ4v) is 1.85. The fraction of sp³-hybridized carbons (Fsp3) is 0.250. The highest BCUT2D eigenvalue weighted by atomic mass is 16.5. The van der Waals surface area contributed by atoms with Gasteiger partial charge in [-0.25, -0.2) is 0 Å². The molecule has 0 atom stereocenters. The summed E-state index contributed by atoms with van der Waals surface area (Å²) in [6.45, 7) is 3.55. The molecule has 2 nitrogen and oxygen atoms in total. The molecular weight excluding hydrogens is 222 g/mol. The van der Waals surface area contributed by atoms with Crippen LogP contribution in [0.15, 0.2) is 48.5 Å². The largest absolute Gasteiger partial charge is 0.489 e. The Bertz CT molecular complexity index is 494. The van der Waals surface area contributed by atoms with Gasteiger partial charge in [0.05, 0.1) is 0 Å². The third kappa shape index (κ3) is 3.34. The van der Waals surface area contributed by atoms with E-state index in [1.165, 1.54) is 16.7 Å². The van der Waals surface area contributed by atoms with Crippen molar-refractivity contribution in [3.05, 3.63) is 65.2 Å². The summed E-state index contributed by atoms with van der Waals surface area (Å²) in [6, 6.07) is 16.6. The molecule has 2 rings (SSSR count). The quantitative estimate of drug-likeness (QED) is 0.867. The second-order valence-corrected chi connectivity index (χ2v) is 4.40. The van der Waals surface area contributed by atoms with Gasteiger partial charge in [0, 0.05) is 6.54 Å². The van der Waals surface area contributed by atoms with Crippen molar-refractivity contribution in [3.8, 4) is 5.75 Å². The first-order valence-electron chi connectivity index (χ1n) is 6.20. The van der Waals surface area contributed by atoms with Crippen LogP contribution in [0, 0.1) is 6.92 Å². The lowest BCUT2D eigenvalue weighted by atomic mass is 10.1. The highest BCUT2D eigenvalue weighted by molar-refractivity contribution is 5.36. The van der Waals surface area contributed by atoms with Gasteiger partial charge in [0.1, 0.15) is 12.4 Å². The summed E-state index contributed by atoms with van der Waals surface area (Å²) in [5, 5.41) is 3.15. The second-order valence-electron chi connectivity index (χ2n) is 4.40. The van der Waals surface area contributed by atoms with Crippen molar-refractivity contribution >= 4 is 0 Å². The molecule has 18 heavy (non-hydrogen) atoms. The van der Waals surface area contributed by atoms with Crippen molar-refractivity contribution in [3.63, 3.8) is 0 Å². The number of nitrogens with one attached hydrogen (secondary N) is 1. The molecule has 0 saturated heterocycles. The van der Waals surface area contributed by atoms with Crippen molar-refractivity contribution in [1.82, 2.24) is 5.32 Å². The van der Waals surface area contributed by atoms with E-state index in [4.69, 9.17) is 4.74 Å². The van der Waals surface area contributed by atoms with Crippen LogP contribution in [0.4, 0.5) is 0 Å². The fourth-order valence-electron chi connectivity index (χ4n) is 1.85. The highest BCUT2D eigenvalue weighted by Gasteiger charge is 2.02. The molecule has 0 spiro atoms. The van der Waals surface area contributed by atoms with Gasteiger partial charge in [0.15, 0.2) is 0 Å². The molecule has 2 heteroatoms. The lowest BCUT2D eigenvalue weighted by molar-refractivity contribution is 0.304. The van der Waals surface area contributed by atoms with Crippen LogP contribution < -0.4 is 10.1 Å². The minimum absolute atomic E-state index is 0.616. The third-order valence-electron chi connectivity index (χ3n) is 2.87. The van der Waals surface area contributed by atoms with Gasteiger partial charge in [-0.15, -0.1) is 0 Å². The van der Waals surface area contributed by atoms with E-state index < -0.39 is 0 Å². The maximum absolute atomic E-state index is 5.88. The third-order valence-corrected chi connectivity index (χ3v) is 2.87. The Hall–Kier alpha value is -1.80. The van der Waals surface area contributed by atoms with Crippen molar-refractivity contribution in [2.45, 2.75) is 20.1 Å². The van der Waals surface area contributed by atoms with Crippen LogP contribution in [0.5, 0.6) is 5.75 Å². The summed E-state index contributed by atoms with van der Waals surface area (Å²) in [6.07, 6.45) is 0. The summed E-state index contributed by atoms with van der Waals surface area (Å²) < 4.78 is 5.88. The van der Waals surface area contributed by atoms with Gasteiger partial charge < -0.3 is 10.1 Å². The number of ether oxygens (including phenoxy) is 1. The smallest absolute Gasteiger partial charge is 0.123 e. The number of benzene rings is 2. The van der Waals surface area contributed by atoms with Crippen LogP contribution in [0.2, 0.25) is 0 Å². The molecule has 0 aliphatic carbocycles. The van der Waals surface area contributed by atoms with E-state index >= 15 is 0 Å². The molecule has 2 aromatic rings. The maximum Gasteiger partial charge on any atom is 0.123 e. The Morgan fingerprint density at radius 1 is 1.00 bits per heavy atom. The molecule has 0 bridgehead atoms. The minimum Gasteiger partial charge on any atom is -0.489 e. The van der Waals surface area contributed by atoms with E-state index in [1.807, 2.05) is 25.2 Å². The first-order chi connectivity index (χ1) is 8.79. The van der Waals surface area contributed by atoms with Crippen LogP contribution in [0.1, 0.15) is 16.7 Å². The van der Waals surface area contributed by atoms with E-state index in [1.54, 1.807) is 0 Å². The number of rotatable bonds is 5. The lowest BCUT2D eigenvalue weighted by Crippen LogP contribution is -2.05. The van der Waals surface area contributed by atoms with Crippen molar-refractivity contribution < 1.29 is 4.74 Å². The Morgan fingerprint density at radius 2 is 1.78 bits per heavy atom. The van der Waals surface area contributed by atoms with E-state index in [9.17, 15) is 0 Å². The van der Waals surface area contributed by atoms with E-state index in [0.29, 0.717) is 6.61 Å². The molecule has 0 saturated carbocycles. The first kappa shape index (κ1) is 12.7. The van der Waals surface area contributed by atoms with Crippen LogP contribution in [-0.4, -0.2) is 7.05 Å². The zero-order chi connectivity index (χ0) is 12.8. The molecule has 0 heterocycles. The SMILES string of the molecule is CNCc1ccc(C)c(OCc2ccccc2)c1. The van der Waals surface area contributed by atoms with Crippen LogP contribution in [0.25, 0.3) is 0 Å². The van der Waals surface area contributed by atoms with Gasteiger partial charge in [0.2, 0.25) is 0 Å². The molecule has 94 valence electrons. The van der Waals surface area contributed by atoms with Crippen LogP contribution >= 0.6 is 0 Å². The molecule has 0 amide bonds.